The van der Waals surface area contributed by atoms with Crippen LogP contribution in [0.15, 0.2) is 12.3 Å². The zero-order chi connectivity index (χ0) is 14.5. The van der Waals surface area contributed by atoms with Gasteiger partial charge in [-0.1, -0.05) is 0 Å². The molecule has 1 aromatic heterocycles. The Morgan fingerprint density at radius 1 is 1.16 bits per heavy atom. The molecule has 0 aliphatic heterocycles. The van der Waals surface area contributed by atoms with E-state index in [0.717, 1.165) is 0 Å². The zero-order valence-corrected chi connectivity index (χ0v) is 9.36. The van der Waals surface area contributed by atoms with Crippen LogP contribution in [0.4, 0.5) is 37.7 Å². The highest BCUT2D eigenvalue weighted by Crippen LogP contribution is 2.51. The van der Waals surface area contributed by atoms with Gasteiger partial charge >= 0.3 is 12.4 Å². The van der Waals surface area contributed by atoms with E-state index in [1.165, 1.54) is 0 Å². The molecule has 3 nitrogen and oxygen atoms in total. The molecule has 1 fully saturated rings. The third-order valence-corrected chi connectivity index (χ3v) is 2.89. The Kier molecular flexibility index (Phi) is 2.83. The number of nitrogen functional groups attached to an aromatic ring is 1. The van der Waals surface area contributed by atoms with E-state index in [2.05, 4.69) is 10.3 Å². The van der Waals surface area contributed by atoms with Crippen molar-refractivity contribution in [2.24, 2.45) is 0 Å². The topological polar surface area (TPSA) is 50.9 Å². The number of nitrogens with zero attached hydrogens (tertiary/aromatic N) is 1. The SMILES string of the molecule is Nc1cnc(C(F)(F)F)cc1NC1(C(F)(F)F)CC1. The quantitative estimate of drug-likeness (QED) is 0.820. The molecule has 0 unspecified atom stereocenters. The molecule has 3 N–H and O–H groups in total. The minimum atomic E-state index is -4.74. The number of rotatable bonds is 2. The summed E-state index contributed by atoms with van der Waals surface area (Å²) in [7, 11) is 0. The van der Waals surface area contributed by atoms with Crippen LogP contribution in [0.2, 0.25) is 0 Å². The standard InChI is InChI=1S/C10H9F6N3/c11-9(12,13)7-3-6(5(17)4-18-7)19-8(1-2-8)10(14,15)16/h3-4H,1-2,17H2,(H,18,19). The minimum absolute atomic E-state index is 0.195. The van der Waals surface area contributed by atoms with Crippen LogP contribution in [0.1, 0.15) is 18.5 Å². The lowest BCUT2D eigenvalue weighted by Crippen LogP contribution is -2.39. The Bertz CT molecular complexity index is 489. The van der Waals surface area contributed by atoms with Crippen molar-refractivity contribution in [1.29, 1.82) is 0 Å². The predicted molar refractivity (Wildman–Crippen MR) is 55.3 cm³/mol. The van der Waals surface area contributed by atoms with E-state index >= 15 is 0 Å². The number of nitrogens with two attached hydrogens (primary N) is 1. The van der Waals surface area contributed by atoms with Crippen molar-refractivity contribution in [3.05, 3.63) is 18.0 Å². The second-order valence-corrected chi connectivity index (χ2v) is 4.36. The van der Waals surface area contributed by atoms with E-state index in [0.29, 0.717) is 12.3 Å². The number of halogens is 6. The largest absolute Gasteiger partial charge is 0.433 e. The first kappa shape index (κ1) is 13.8. The van der Waals surface area contributed by atoms with E-state index in [4.69, 9.17) is 5.73 Å². The molecule has 106 valence electrons. The Balaban J connectivity index is 2.31. The first-order valence-electron chi connectivity index (χ1n) is 5.23. The Morgan fingerprint density at radius 3 is 2.16 bits per heavy atom. The second kappa shape index (κ2) is 3.91. The Morgan fingerprint density at radius 2 is 1.74 bits per heavy atom. The maximum absolute atomic E-state index is 12.7. The van der Waals surface area contributed by atoms with E-state index in [-0.39, 0.29) is 18.5 Å². The first-order chi connectivity index (χ1) is 8.55. The minimum Gasteiger partial charge on any atom is -0.396 e. The summed E-state index contributed by atoms with van der Waals surface area (Å²) in [5.74, 6) is 0. The average Bonchev–Trinajstić information content (AvgIpc) is 2.99. The number of hydrogen-bond acceptors (Lipinski definition) is 3. The van der Waals surface area contributed by atoms with Crippen molar-refractivity contribution in [1.82, 2.24) is 4.98 Å². The van der Waals surface area contributed by atoms with E-state index in [1.807, 2.05) is 0 Å². The summed E-state index contributed by atoms with van der Waals surface area (Å²) >= 11 is 0. The summed E-state index contributed by atoms with van der Waals surface area (Å²) < 4.78 is 75.4. The Hall–Kier alpha value is -1.67. The maximum atomic E-state index is 12.7. The molecule has 1 aromatic rings. The Labute approximate surface area is 103 Å². The fraction of sp³-hybridized carbons (Fsp3) is 0.500. The van der Waals surface area contributed by atoms with Crippen molar-refractivity contribution < 1.29 is 26.3 Å². The number of nitrogens with one attached hydrogen (secondary N) is 1. The first-order valence-corrected chi connectivity index (χ1v) is 5.23. The molecule has 9 heteroatoms. The van der Waals surface area contributed by atoms with Gasteiger partial charge in [-0.25, -0.2) is 4.98 Å². The highest BCUT2D eigenvalue weighted by Gasteiger charge is 2.63. The summed E-state index contributed by atoms with van der Waals surface area (Å²) in [6.45, 7) is 0. The molecule has 0 spiro atoms. The van der Waals surface area contributed by atoms with E-state index in [1.54, 1.807) is 0 Å². The van der Waals surface area contributed by atoms with Gasteiger partial charge in [-0.2, -0.15) is 26.3 Å². The van der Waals surface area contributed by atoms with Gasteiger partial charge in [0.15, 0.2) is 0 Å². The van der Waals surface area contributed by atoms with Gasteiger partial charge in [0.2, 0.25) is 0 Å². The highest BCUT2D eigenvalue weighted by molar-refractivity contribution is 5.67. The predicted octanol–water partition coefficient (Wildman–Crippen LogP) is 3.19. The number of alkyl halides is 6. The molecule has 0 atom stereocenters. The van der Waals surface area contributed by atoms with E-state index in [9.17, 15) is 26.3 Å². The van der Waals surface area contributed by atoms with Crippen molar-refractivity contribution >= 4 is 11.4 Å². The van der Waals surface area contributed by atoms with Crippen LogP contribution >= 0.6 is 0 Å². The van der Waals surface area contributed by atoms with Gasteiger partial charge in [0, 0.05) is 0 Å². The van der Waals surface area contributed by atoms with Gasteiger partial charge in [0.05, 0.1) is 17.6 Å². The van der Waals surface area contributed by atoms with Gasteiger partial charge in [0.1, 0.15) is 11.2 Å². The van der Waals surface area contributed by atoms with Crippen LogP contribution in [-0.2, 0) is 6.18 Å². The molecule has 0 aromatic carbocycles. The van der Waals surface area contributed by atoms with Gasteiger partial charge in [-0.15, -0.1) is 0 Å². The molecule has 0 bridgehead atoms. The van der Waals surface area contributed by atoms with Gasteiger partial charge < -0.3 is 11.1 Å². The highest BCUT2D eigenvalue weighted by atomic mass is 19.4. The summed E-state index contributed by atoms with van der Waals surface area (Å²) in [5.41, 5.74) is 1.22. The van der Waals surface area contributed by atoms with E-state index < -0.39 is 29.3 Å². The molecule has 1 heterocycles. The van der Waals surface area contributed by atoms with Crippen LogP contribution in [-0.4, -0.2) is 16.7 Å². The van der Waals surface area contributed by atoms with Crippen LogP contribution in [0.5, 0.6) is 0 Å². The molecular formula is C10H9F6N3. The third-order valence-electron chi connectivity index (χ3n) is 2.89. The summed E-state index contributed by atoms with van der Waals surface area (Å²) in [4.78, 5) is 3.05. The number of anilines is 2. The van der Waals surface area contributed by atoms with Crippen LogP contribution in [0, 0.1) is 0 Å². The molecular weight excluding hydrogens is 276 g/mol. The lowest BCUT2D eigenvalue weighted by Gasteiger charge is -2.23. The van der Waals surface area contributed by atoms with Crippen LogP contribution < -0.4 is 11.1 Å². The summed E-state index contributed by atoms with van der Waals surface area (Å²) in [6, 6.07) is 0.487. The summed E-state index contributed by atoms with van der Waals surface area (Å²) in [6.07, 6.45) is -8.98. The fourth-order valence-electron chi connectivity index (χ4n) is 1.59. The van der Waals surface area contributed by atoms with Crippen molar-refractivity contribution in [2.75, 3.05) is 11.1 Å². The number of hydrogen-bond donors (Lipinski definition) is 2. The lowest BCUT2D eigenvalue weighted by molar-refractivity contribution is -0.151. The summed E-state index contributed by atoms with van der Waals surface area (Å²) in [5, 5.41) is 2.06. The molecule has 19 heavy (non-hydrogen) atoms. The molecule has 0 radical (unpaired) electrons. The van der Waals surface area contributed by atoms with Crippen LogP contribution in [0.3, 0.4) is 0 Å². The molecule has 1 aliphatic carbocycles. The molecule has 1 saturated carbocycles. The number of pyridine rings is 1. The van der Waals surface area contributed by atoms with Crippen molar-refractivity contribution in [3.8, 4) is 0 Å². The van der Waals surface area contributed by atoms with Crippen molar-refractivity contribution in [2.45, 2.75) is 30.7 Å². The second-order valence-electron chi connectivity index (χ2n) is 4.36. The van der Waals surface area contributed by atoms with Crippen LogP contribution in [0.25, 0.3) is 0 Å². The smallest absolute Gasteiger partial charge is 0.396 e. The fourth-order valence-corrected chi connectivity index (χ4v) is 1.59. The maximum Gasteiger partial charge on any atom is 0.433 e. The lowest BCUT2D eigenvalue weighted by atomic mass is 10.2. The normalized spacial score (nSPS) is 18.2. The molecule has 0 saturated heterocycles. The van der Waals surface area contributed by atoms with Gasteiger partial charge in [0.25, 0.3) is 0 Å². The number of aromatic nitrogens is 1. The molecule has 0 amide bonds. The monoisotopic (exact) mass is 285 g/mol. The molecule has 1 aliphatic rings. The van der Waals surface area contributed by atoms with Gasteiger partial charge in [-0.3, -0.25) is 0 Å². The zero-order valence-electron chi connectivity index (χ0n) is 9.36. The average molecular weight is 285 g/mol. The third kappa shape index (κ3) is 2.54. The molecule has 2 rings (SSSR count). The van der Waals surface area contributed by atoms with Crippen molar-refractivity contribution in [3.63, 3.8) is 0 Å². The van der Waals surface area contributed by atoms with Gasteiger partial charge in [-0.05, 0) is 18.9 Å².